The van der Waals surface area contributed by atoms with Gasteiger partial charge in [-0.05, 0) is 36.4 Å². The van der Waals surface area contributed by atoms with Crippen molar-refractivity contribution in [2.24, 2.45) is 0 Å². The molecule has 124 valence electrons. The molecular weight excluding hydrogens is 342 g/mol. The summed E-state index contributed by atoms with van der Waals surface area (Å²) in [5, 5.41) is 1.85. The van der Waals surface area contributed by atoms with Gasteiger partial charge in [-0.15, -0.1) is 0 Å². The van der Waals surface area contributed by atoms with E-state index >= 15 is 0 Å². The van der Waals surface area contributed by atoms with Gasteiger partial charge in [0.05, 0.1) is 11.8 Å². The molecule has 0 radical (unpaired) electrons. The van der Waals surface area contributed by atoms with Crippen LogP contribution in [-0.2, 0) is 0 Å². The molecule has 4 nitrogen and oxygen atoms in total. The first-order chi connectivity index (χ1) is 11.7. The topological polar surface area (TPSA) is 28.6 Å². The van der Waals surface area contributed by atoms with Gasteiger partial charge in [-0.25, -0.2) is 4.98 Å². The minimum absolute atomic E-state index is 0.779. The number of nitrogens with zero attached hydrogens (tertiary/aromatic N) is 3. The summed E-state index contributed by atoms with van der Waals surface area (Å²) in [4.78, 5) is 9.55. The van der Waals surface area contributed by atoms with Gasteiger partial charge in [-0.3, -0.25) is 0 Å². The van der Waals surface area contributed by atoms with Crippen LogP contribution in [0.4, 0.5) is 10.8 Å². The molecule has 0 N–H and O–H groups in total. The molecule has 6 heteroatoms. The van der Waals surface area contributed by atoms with E-state index in [1.165, 1.54) is 10.4 Å². The smallest absolute Gasteiger partial charge is 0.186 e. The van der Waals surface area contributed by atoms with Crippen LogP contribution < -0.4 is 14.5 Å². The molecule has 0 bridgehead atoms. The number of ether oxygens (including phenoxy) is 1. The van der Waals surface area contributed by atoms with Gasteiger partial charge in [0.2, 0.25) is 0 Å². The Bertz CT molecular complexity index is 841. The summed E-state index contributed by atoms with van der Waals surface area (Å²) in [5.74, 6) is 0.842. The molecule has 0 spiro atoms. The normalized spacial score (nSPS) is 15.1. The van der Waals surface area contributed by atoms with Gasteiger partial charge in [0.1, 0.15) is 11.3 Å². The van der Waals surface area contributed by atoms with E-state index in [0.717, 1.165) is 47.6 Å². The highest BCUT2D eigenvalue weighted by Gasteiger charge is 2.20. The van der Waals surface area contributed by atoms with E-state index in [4.69, 9.17) is 21.3 Å². The second-order valence-corrected chi connectivity index (χ2v) is 7.20. The quantitative estimate of drug-likeness (QED) is 0.697. The van der Waals surface area contributed by atoms with E-state index < -0.39 is 0 Å². The molecule has 24 heavy (non-hydrogen) atoms. The Hall–Kier alpha value is -1.98. The fourth-order valence-electron chi connectivity index (χ4n) is 3.02. The molecule has 1 fully saturated rings. The summed E-state index contributed by atoms with van der Waals surface area (Å²) < 4.78 is 6.59. The summed E-state index contributed by atoms with van der Waals surface area (Å²) in [7, 11) is 1.69. The molecule has 3 aromatic rings. The van der Waals surface area contributed by atoms with Crippen molar-refractivity contribution in [3.8, 4) is 5.75 Å². The zero-order valence-electron chi connectivity index (χ0n) is 13.4. The fourth-order valence-corrected chi connectivity index (χ4v) is 4.18. The van der Waals surface area contributed by atoms with E-state index in [2.05, 4.69) is 28.0 Å². The van der Waals surface area contributed by atoms with Crippen LogP contribution in [0.15, 0.2) is 42.5 Å². The molecule has 0 atom stereocenters. The lowest BCUT2D eigenvalue weighted by molar-refractivity contribution is 0.419. The summed E-state index contributed by atoms with van der Waals surface area (Å²) >= 11 is 7.70. The molecule has 1 saturated heterocycles. The highest BCUT2D eigenvalue weighted by Crippen LogP contribution is 2.34. The third kappa shape index (κ3) is 2.89. The number of anilines is 2. The van der Waals surface area contributed by atoms with Crippen molar-refractivity contribution in [1.82, 2.24) is 4.98 Å². The molecule has 0 unspecified atom stereocenters. The van der Waals surface area contributed by atoms with Gasteiger partial charge in [-0.2, -0.15) is 0 Å². The van der Waals surface area contributed by atoms with Crippen LogP contribution in [0.25, 0.3) is 10.2 Å². The van der Waals surface area contributed by atoms with Crippen LogP contribution in [-0.4, -0.2) is 38.3 Å². The van der Waals surface area contributed by atoms with Crippen LogP contribution >= 0.6 is 22.9 Å². The summed E-state index contributed by atoms with van der Waals surface area (Å²) in [6, 6.07) is 14.1. The van der Waals surface area contributed by atoms with E-state index in [-0.39, 0.29) is 0 Å². The molecule has 0 saturated carbocycles. The third-order valence-electron chi connectivity index (χ3n) is 4.33. The maximum atomic E-state index is 5.97. The first kappa shape index (κ1) is 15.5. The van der Waals surface area contributed by atoms with E-state index in [9.17, 15) is 0 Å². The minimum atomic E-state index is 0.779. The predicted molar refractivity (Wildman–Crippen MR) is 102 cm³/mol. The average Bonchev–Trinajstić information content (AvgIpc) is 3.07. The molecule has 4 rings (SSSR count). The van der Waals surface area contributed by atoms with Crippen molar-refractivity contribution in [3.63, 3.8) is 0 Å². The Morgan fingerprint density at radius 2 is 1.71 bits per heavy atom. The second kappa shape index (κ2) is 6.49. The first-order valence-electron chi connectivity index (χ1n) is 7.93. The molecule has 1 aliphatic rings. The first-order valence-corrected chi connectivity index (χ1v) is 9.13. The Labute approximate surface area is 150 Å². The zero-order valence-corrected chi connectivity index (χ0v) is 15.0. The van der Waals surface area contributed by atoms with Gasteiger partial charge in [0, 0.05) is 36.9 Å². The number of piperazine rings is 1. The largest absolute Gasteiger partial charge is 0.494 e. The van der Waals surface area contributed by atoms with Crippen molar-refractivity contribution in [1.29, 1.82) is 0 Å². The van der Waals surface area contributed by atoms with Gasteiger partial charge in [-0.1, -0.05) is 29.0 Å². The molecule has 0 aliphatic carbocycles. The Balaban J connectivity index is 1.50. The number of hydrogen-bond donors (Lipinski definition) is 0. The lowest BCUT2D eigenvalue weighted by Gasteiger charge is -2.36. The van der Waals surface area contributed by atoms with Crippen molar-refractivity contribution < 1.29 is 4.74 Å². The number of methoxy groups -OCH3 is 1. The SMILES string of the molecule is COc1cccc2sc(N3CCN(c4ccc(Cl)cc4)CC3)nc12. The molecule has 2 aromatic carbocycles. The minimum Gasteiger partial charge on any atom is -0.494 e. The lowest BCUT2D eigenvalue weighted by atomic mass is 10.2. The number of halogens is 1. The number of thiazole rings is 1. The summed E-state index contributed by atoms with van der Waals surface area (Å²) in [6.07, 6.45) is 0. The van der Waals surface area contributed by atoms with E-state index in [1.54, 1.807) is 18.4 Å². The predicted octanol–water partition coefficient (Wildman–Crippen LogP) is 4.28. The Morgan fingerprint density at radius 1 is 1.00 bits per heavy atom. The van der Waals surface area contributed by atoms with Crippen molar-refractivity contribution in [2.75, 3.05) is 43.1 Å². The number of hydrogen-bond acceptors (Lipinski definition) is 5. The molecule has 1 aromatic heterocycles. The lowest BCUT2D eigenvalue weighted by Crippen LogP contribution is -2.46. The third-order valence-corrected chi connectivity index (χ3v) is 5.67. The van der Waals surface area contributed by atoms with Gasteiger partial charge < -0.3 is 14.5 Å². The van der Waals surface area contributed by atoms with Crippen molar-refractivity contribution >= 4 is 44.0 Å². The van der Waals surface area contributed by atoms with Crippen LogP contribution in [0.1, 0.15) is 0 Å². The van der Waals surface area contributed by atoms with Crippen LogP contribution in [0, 0.1) is 0 Å². The number of para-hydroxylation sites is 1. The molecule has 2 heterocycles. The number of benzene rings is 2. The highest BCUT2D eigenvalue weighted by molar-refractivity contribution is 7.22. The number of rotatable bonds is 3. The maximum absolute atomic E-state index is 5.97. The fraction of sp³-hybridized carbons (Fsp3) is 0.278. The van der Waals surface area contributed by atoms with E-state index in [1.807, 2.05) is 24.3 Å². The highest BCUT2D eigenvalue weighted by atomic mass is 35.5. The zero-order chi connectivity index (χ0) is 16.5. The monoisotopic (exact) mass is 359 g/mol. The van der Waals surface area contributed by atoms with Gasteiger partial charge >= 0.3 is 0 Å². The van der Waals surface area contributed by atoms with Crippen LogP contribution in [0.2, 0.25) is 5.02 Å². The van der Waals surface area contributed by atoms with E-state index in [0.29, 0.717) is 0 Å². The van der Waals surface area contributed by atoms with Gasteiger partial charge in [0.25, 0.3) is 0 Å². The molecule has 1 aliphatic heterocycles. The van der Waals surface area contributed by atoms with Crippen LogP contribution in [0.3, 0.4) is 0 Å². The summed E-state index contributed by atoms with van der Waals surface area (Å²) in [5.41, 5.74) is 2.19. The van der Waals surface area contributed by atoms with Crippen molar-refractivity contribution in [3.05, 3.63) is 47.5 Å². The number of fused-ring (bicyclic) bond motifs is 1. The second-order valence-electron chi connectivity index (χ2n) is 5.75. The van der Waals surface area contributed by atoms with Crippen LogP contribution in [0.5, 0.6) is 5.75 Å². The summed E-state index contributed by atoms with van der Waals surface area (Å²) in [6.45, 7) is 3.89. The molecular formula is C18H18ClN3OS. The number of aromatic nitrogens is 1. The Morgan fingerprint density at radius 3 is 2.42 bits per heavy atom. The molecule has 0 amide bonds. The van der Waals surface area contributed by atoms with Gasteiger partial charge in [0.15, 0.2) is 5.13 Å². The standard InChI is InChI=1S/C18H18ClN3OS/c1-23-15-3-2-4-16-17(15)20-18(24-16)22-11-9-21(10-12-22)14-7-5-13(19)6-8-14/h2-8H,9-12H2,1H3. The average molecular weight is 360 g/mol. The Kier molecular flexibility index (Phi) is 4.21. The maximum Gasteiger partial charge on any atom is 0.186 e. The van der Waals surface area contributed by atoms with Crippen molar-refractivity contribution in [2.45, 2.75) is 0 Å².